The molecule has 0 heterocycles. The number of hydrogen-bond donors (Lipinski definition) is 1. The third-order valence-corrected chi connectivity index (χ3v) is 5.11. The number of hydrogen-bond acceptors (Lipinski definition) is 5. The second kappa shape index (κ2) is 5.37. The Morgan fingerprint density at radius 2 is 1.95 bits per heavy atom. The number of nitro benzene ring substituents is 1. The van der Waals surface area contributed by atoms with Gasteiger partial charge in [-0.1, -0.05) is 0 Å². The maximum atomic E-state index is 13.5. The van der Waals surface area contributed by atoms with Crippen LogP contribution < -0.4 is 0 Å². The molecule has 0 aliphatic carbocycles. The number of benzene rings is 1. The lowest BCUT2D eigenvalue weighted by atomic mass is 10.1. The molecule has 0 saturated carbocycles. The van der Waals surface area contributed by atoms with Crippen molar-refractivity contribution in [1.29, 1.82) is 0 Å². The van der Waals surface area contributed by atoms with Crippen molar-refractivity contribution in [3.63, 3.8) is 0 Å². The Labute approximate surface area is 120 Å². The number of sulfonamides is 1. The van der Waals surface area contributed by atoms with Crippen LogP contribution in [0.4, 0.5) is 10.1 Å². The van der Waals surface area contributed by atoms with E-state index in [9.17, 15) is 27.7 Å². The van der Waals surface area contributed by atoms with Crippen LogP contribution in [-0.2, 0) is 14.8 Å². The van der Waals surface area contributed by atoms with Crippen LogP contribution in [0.2, 0.25) is 0 Å². The molecule has 116 valence electrons. The molecule has 1 N–H and O–H groups in total. The molecule has 0 spiro atoms. The lowest BCUT2D eigenvalue weighted by Gasteiger charge is -2.30. The van der Waals surface area contributed by atoms with Crippen molar-refractivity contribution in [2.24, 2.45) is 0 Å². The fraction of sp³-hybridized carbons (Fsp3) is 0.364. The topological polar surface area (TPSA) is 118 Å². The molecule has 0 amide bonds. The normalized spacial score (nSPS) is 12.4. The summed E-state index contributed by atoms with van der Waals surface area (Å²) < 4.78 is 38.6. The van der Waals surface area contributed by atoms with Gasteiger partial charge in [-0.3, -0.25) is 14.9 Å². The zero-order valence-corrected chi connectivity index (χ0v) is 12.2. The first kappa shape index (κ1) is 17.0. The summed E-state index contributed by atoms with van der Waals surface area (Å²) in [6, 6.07) is 2.05. The summed E-state index contributed by atoms with van der Waals surface area (Å²) in [6.07, 6.45) is 0. The van der Waals surface area contributed by atoms with E-state index in [1.165, 1.54) is 0 Å². The van der Waals surface area contributed by atoms with Crippen molar-refractivity contribution in [2.45, 2.75) is 24.3 Å². The lowest BCUT2D eigenvalue weighted by Crippen LogP contribution is -2.50. The molecule has 10 heteroatoms. The number of likely N-dealkylation sites (N-methyl/N-ethyl adjacent to an activating group) is 1. The number of halogens is 1. The Bertz CT molecular complexity index is 701. The molecular weight excluding hydrogens is 307 g/mol. The van der Waals surface area contributed by atoms with E-state index in [0.29, 0.717) is 16.4 Å². The SMILES string of the molecule is CN(C(C)(C)C(=O)O)S(=O)(=O)c1ccc([N+](=O)[O-])c(F)c1. The van der Waals surface area contributed by atoms with Gasteiger partial charge >= 0.3 is 11.7 Å². The predicted molar refractivity (Wildman–Crippen MR) is 69.7 cm³/mol. The Balaban J connectivity index is 3.36. The molecule has 0 aliphatic heterocycles. The standard InChI is InChI=1S/C11H13FN2O6S/c1-11(2,10(15)16)13(3)21(19,20)7-4-5-9(14(17)18)8(12)6-7/h4-6H,1-3H3,(H,15,16). The van der Waals surface area contributed by atoms with E-state index in [-0.39, 0.29) is 0 Å². The predicted octanol–water partition coefficient (Wildman–Crippen LogP) is 1.22. The van der Waals surface area contributed by atoms with E-state index in [1.807, 2.05) is 0 Å². The Morgan fingerprint density at radius 1 is 1.43 bits per heavy atom. The molecular formula is C11H13FN2O6S. The first-order valence-corrected chi connectivity index (χ1v) is 7.02. The minimum atomic E-state index is -4.32. The summed E-state index contributed by atoms with van der Waals surface area (Å²) in [7, 11) is -3.29. The molecule has 21 heavy (non-hydrogen) atoms. The fourth-order valence-electron chi connectivity index (χ4n) is 1.39. The third-order valence-electron chi connectivity index (χ3n) is 3.08. The van der Waals surface area contributed by atoms with Crippen molar-refractivity contribution < 1.29 is 27.6 Å². The van der Waals surface area contributed by atoms with E-state index in [0.717, 1.165) is 27.0 Å². The van der Waals surface area contributed by atoms with Gasteiger partial charge in [0.2, 0.25) is 15.8 Å². The van der Waals surface area contributed by atoms with Crippen LogP contribution >= 0.6 is 0 Å². The van der Waals surface area contributed by atoms with Gasteiger partial charge in [0.15, 0.2) is 0 Å². The van der Waals surface area contributed by atoms with Gasteiger partial charge in [-0.2, -0.15) is 8.70 Å². The quantitative estimate of drug-likeness (QED) is 0.643. The van der Waals surface area contributed by atoms with Crippen LogP contribution in [0.25, 0.3) is 0 Å². The minimum Gasteiger partial charge on any atom is -0.480 e. The van der Waals surface area contributed by atoms with Gasteiger partial charge in [0.1, 0.15) is 5.54 Å². The molecule has 1 rings (SSSR count). The van der Waals surface area contributed by atoms with Gasteiger partial charge in [-0.15, -0.1) is 0 Å². The van der Waals surface area contributed by atoms with Crippen molar-refractivity contribution in [3.05, 3.63) is 34.1 Å². The molecule has 1 aromatic carbocycles. The van der Waals surface area contributed by atoms with Crippen molar-refractivity contribution >= 4 is 21.7 Å². The number of nitrogens with zero attached hydrogens (tertiary/aromatic N) is 2. The smallest absolute Gasteiger partial charge is 0.324 e. The molecule has 0 saturated heterocycles. The summed E-state index contributed by atoms with van der Waals surface area (Å²) in [6.45, 7) is 2.32. The zero-order chi connectivity index (χ0) is 16.6. The van der Waals surface area contributed by atoms with E-state index in [4.69, 9.17) is 5.11 Å². The van der Waals surface area contributed by atoms with Gasteiger partial charge in [-0.05, 0) is 19.9 Å². The van der Waals surface area contributed by atoms with Crippen LogP contribution in [-0.4, -0.2) is 41.3 Å². The van der Waals surface area contributed by atoms with E-state index in [1.54, 1.807) is 0 Å². The Kier molecular flexibility index (Phi) is 4.34. The van der Waals surface area contributed by atoms with Gasteiger partial charge in [-0.25, -0.2) is 8.42 Å². The fourth-order valence-corrected chi connectivity index (χ4v) is 2.88. The number of rotatable bonds is 5. The van der Waals surface area contributed by atoms with E-state index < -0.39 is 42.9 Å². The Hall–Kier alpha value is -2.07. The number of nitro groups is 1. The van der Waals surface area contributed by atoms with Gasteiger partial charge in [0.05, 0.1) is 9.82 Å². The molecule has 0 unspecified atom stereocenters. The molecule has 0 fully saturated rings. The molecule has 0 atom stereocenters. The van der Waals surface area contributed by atoms with Crippen molar-refractivity contribution in [1.82, 2.24) is 4.31 Å². The molecule has 1 aromatic rings. The maximum Gasteiger partial charge on any atom is 0.324 e. The molecule has 0 aromatic heterocycles. The minimum absolute atomic E-state index is 0.488. The van der Waals surface area contributed by atoms with E-state index in [2.05, 4.69) is 0 Å². The highest BCUT2D eigenvalue weighted by molar-refractivity contribution is 7.89. The van der Waals surface area contributed by atoms with Gasteiger partial charge < -0.3 is 5.11 Å². The molecule has 0 aliphatic rings. The second-order valence-corrected chi connectivity index (χ2v) is 6.68. The maximum absolute atomic E-state index is 13.5. The highest BCUT2D eigenvalue weighted by Gasteiger charge is 2.40. The summed E-state index contributed by atoms with van der Waals surface area (Å²) >= 11 is 0. The highest BCUT2D eigenvalue weighted by Crippen LogP contribution is 2.26. The number of aliphatic carboxylic acids is 1. The summed E-state index contributed by atoms with van der Waals surface area (Å²) in [5.41, 5.74) is -2.63. The van der Waals surface area contributed by atoms with Crippen LogP contribution in [0.15, 0.2) is 23.1 Å². The molecule has 0 radical (unpaired) electrons. The van der Waals surface area contributed by atoms with Gasteiger partial charge in [0.25, 0.3) is 0 Å². The van der Waals surface area contributed by atoms with Crippen LogP contribution in [0, 0.1) is 15.9 Å². The highest BCUT2D eigenvalue weighted by atomic mass is 32.2. The summed E-state index contributed by atoms with van der Waals surface area (Å²) in [5.74, 6) is -2.71. The molecule has 8 nitrogen and oxygen atoms in total. The number of carboxylic acids is 1. The number of carbonyl (C=O) groups is 1. The summed E-state index contributed by atoms with van der Waals surface area (Å²) in [4.78, 5) is 20.0. The first-order valence-electron chi connectivity index (χ1n) is 5.58. The first-order chi connectivity index (χ1) is 9.42. The van der Waals surface area contributed by atoms with Crippen LogP contribution in [0.3, 0.4) is 0 Å². The summed E-state index contributed by atoms with van der Waals surface area (Å²) in [5, 5.41) is 19.5. The average molecular weight is 320 g/mol. The van der Waals surface area contributed by atoms with Crippen molar-refractivity contribution in [2.75, 3.05) is 7.05 Å². The van der Waals surface area contributed by atoms with Crippen LogP contribution in [0.5, 0.6) is 0 Å². The average Bonchev–Trinajstić information content (AvgIpc) is 2.36. The third kappa shape index (κ3) is 3.00. The van der Waals surface area contributed by atoms with Crippen molar-refractivity contribution in [3.8, 4) is 0 Å². The number of carboxylic acid groups (broad SMARTS) is 1. The Morgan fingerprint density at radius 3 is 2.33 bits per heavy atom. The van der Waals surface area contributed by atoms with E-state index >= 15 is 0 Å². The monoisotopic (exact) mass is 320 g/mol. The largest absolute Gasteiger partial charge is 0.480 e. The second-order valence-electron chi connectivity index (χ2n) is 4.71. The zero-order valence-electron chi connectivity index (χ0n) is 11.4. The van der Waals surface area contributed by atoms with Gasteiger partial charge in [0, 0.05) is 19.2 Å². The lowest BCUT2D eigenvalue weighted by molar-refractivity contribution is -0.387. The molecule has 0 bridgehead atoms. The van der Waals surface area contributed by atoms with Crippen LogP contribution in [0.1, 0.15) is 13.8 Å².